The molecule has 0 aromatic heterocycles. The number of anilines is 1. The SMILES string of the molecule is COc1cc(C=CC(=O)Nc2cccc(Cl)c2)cc(Br)c1OCc1ccccc1. The average molecular weight is 473 g/mol. The molecule has 0 saturated carbocycles. The molecule has 0 atom stereocenters. The molecule has 0 radical (unpaired) electrons. The molecule has 0 aliphatic carbocycles. The molecular weight excluding hydrogens is 454 g/mol. The van der Waals surface area contributed by atoms with Crippen molar-refractivity contribution in [3.8, 4) is 11.5 Å². The highest BCUT2D eigenvalue weighted by Gasteiger charge is 2.11. The van der Waals surface area contributed by atoms with E-state index in [0.29, 0.717) is 28.8 Å². The van der Waals surface area contributed by atoms with Crippen molar-refractivity contribution in [3.05, 3.63) is 93.4 Å². The lowest BCUT2D eigenvalue weighted by atomic mass is 10.2. The van der Waals surface area contributed by atoms with Crippen molar-refractivity contribution >= 4 is 45.2 Å². The molecule has 4 nitrogen and oxygen atoms in total. The Morgan fingerprint density at radius 1 is 1.10 bits per heavy atom. The zero-order chi connectivity index (χ0) is 20.6. The van der Waals surface area contributed by atoms with Gasteiger partial charge in [-0.2, -0.15) is 0 Å². The van der Waals surface area contributed by atoms with E-state index in [1.165, 1.54) is 6.08 Å². The predicted octanol–water partition coefficient (Wildman–Crippen LogP) is 6.34. The average Bonchev–Trinajstić information content (AvgIpc) is 2.72. The van der Waals surface area contributed by atoms with Crippen LogP contribution in [0.3, 0.4) is 0 Å². The molecule has 3 rings (SSSR count). The summed E-state index contributed by atoms with van der Waals surface area (Å²) >= 11 is 9.46. The van der Waals surface area contributed by atoms with E-state index in [-0.39, 0.29) is 5.91 Å². The first-order chi connectivity index (χ1) is 14.0. The standard InChI is InChI=1S/C23H19BrClNO3/c1-28-21-13-17(10-11-22(27)26-19-9-5-8-18(25)14-19)12-20(24)23(21)29-15-16-6-3-2-4-7-16/h2-14H,15H2,1H3,(H,26,27). The largest absolute Gasteiger partial charge is 0.493 e. The molecule has 0 bridgehead atoms. The number of halogens is 2. The molecule has 29 heavy (non-hydrogen) atoms. The molecule has 0 spiro atoms. The molecule has 0 fully saturated rings. The lowest BCUT2D eigenvalue weighted by Crippen LogP contribution is -2.07. The Morgan fingerprint density at radius 2 is 1.90 bits per heavy atom. The van der Waals surface area contributed by atoms with Crippen LogP contribution in [0, 0.1) is 0 Å². The smallest absolute Gasteiger partial charge is 0.248 e. The highest BCUT2D eigenvalue weighted by molar-refractivity contribution is 9.10. The summed E-state index contributed by atoms with van der Waals surface area (Å²) < 4.78 is 12.1. The number of rotatable bonds is 7. The highest BCUT2D eigenvalue weighted by atomic mass is 79.9. The van der Waals surface area contributed by atoms with Gasteiger partial charge in [0.15, 0.2) is 11.5 Å². The van der Waals surface area contributed by atoms with Gasteiger partial charge in [-0.1, -0.05) is 48.0 Å². The van der Waals surface area contributed by atoms with Gasteiger partial charge < -0.3 is 14.8 Å². The number of ether oxygens (including phenoxy) is 2. The van der Waals surface area contributed by atoms with E-state index in [4.69, 9.17) is 21.1 Å². The van der Waals surface area contributed by atoms with E-state index in [2.05, 4.69) is 21.2 Å². The van der Waals surface area contributed by atoms with Crippen molar-refractivity contribution in [2.24, 2.45) is 0 Å². The molecule has 6 heteroatoms. The zero-order valence-corrected chi connectivity index (χ0v) is 18.0. The van der Waals surface area contributed by atoms with Gasteiger partial charge in [0, 0.05) is 16.8 Å². The number of carbonyl (C=O) groups is 1. The minimum absolute atomic E-state index is 0.258. The first kappa shape index (κ1) is 21.0. The molecular formula is C23H19BrClNO3. The number of benzene rings is 3. The van der Waals surface area contributed by atoms with Crippen LogP contribution in [-0.4, -0.2) is 13.0 Å². The van der Waals surface area contributed by atoms with Crippen molar-refractivity contribution < 1.29 is 14.3 Å². The second kappa shape index (κ2) is 10.1. The van der Waals surface area contributed by atoms with Gasteiger partial charge >= 0.3 is 0 Å². The van der Waals surface area contributed by atoms with E-state index in [0.717, 1.165) is 15.6 Å². The topological polar surface area (TPSA) is 47.6 Å². The molecule has 148 valence electrons. The van der Waals surface area contributed by atoms with Gasteiger partial charge in [0.25, 0.3) is 0 Å². The maximum atomic E-state index is 12.2. The second-order valence-electron chi connectivity index (χ2n) is 6.14. The zero-order valence-electron chi connectivity index (χ0n) is 15.7. The summed E-state index contributed by atoms with van der Waals surface area (Å²) in [7, 11) is 1.58. The lowest BCUT2D eigenvalue weighted by molar-refractivity contribution is -0.111. The van der Waals surface area contributed by atoms with Crippen molar-refractivity contribution in [3.63, 3.8) is 0 Å². The number of hydrogen-bond acceptors (Lipinski definition) is 3. The third kappa shape index (κ3) is 6.11. The Kier molecular flexibility index (Phi) is 7.33. The number of hydrogen-bond donors (Lipinski definition) is 1. The van der Waals surface area contributed by atoms with E-state index in [1.54, 1.807) is 37.5 Å². The van der Waals surface area contributed by atoms with E-state index >= 15 is 0 Å². The van der Waals surface area contributed by atoms with Gasteiger partial charge in [-0.15, -0.1) is 0 Å². The minimum Gasteiger partial charge on any atom is -0.493 e. The molecule has 3 aromatic carbocycles. The van der Waals surface area contributed by atoms with Crippen LogP contribution in [0.25, 0.3) is 6.08 Å². The van der Waals surface area contributed by atoms with E-state index in [9.17, 15) is 4.79 Å². The fraction of sp³-hybridized carbons (Fsp3) is 0.0870. The van der Waals surface area contributed by atoms with Crippen LogP contribution >= 0.6 is 27.5 Å². The van der Waals surface area contributed by atoms with Crippen LogP contribution in [0.2, 0.25) is 5.02 Å². The van der Waals surface area contributed by atoms with Crippen LogP contribution in [0.4, 0.5) is 5.69 Å². The Labute approximate surface area is 183 Å². The molecule has 0 aliphatic rings. The summed E-state index contributed by atoms with van der Waals surface area (Å²) in [4.78, 5) is 12.2. The number of nitrogens with one attached hydrogen (secondary N) is 1. The molecule has 1 N–H and O–H groups in total. The van der Waals surface area contributed by atoms with Crippen molar-refractivity contribution in [1.82, 2.24) is 0 Å². The number of amides is 1. The number of carbonyl (C=O) groups excluding carboxylic acids is 1. The first-order valence-electron chi connectivity index (χ1n) is 8.84. The highest BCUT2D eigenvalue weighted by Crippen LogP contribution is 2.37. The Bertz CT molecular complexity index is 1020. The summed E-state index contributed by atoms with van der Waals surface area (Å²) in [5.41, 5.74) is 2.49. The minimum atomic E-state index is -0.258. The summed E-state index contributed by atoms with van der Waals surface area (Å²) in [6.45, 7) is 0.424. The van der Waals surface area contributed by atoms with Gasteiger partial charge in [0.1, 0.15) is 6.61 Å². The first-order valence-corrected chi connectivity index (χ1v) is 10.0. The van der Waals surface area contributed by atoms with Crippen LogP contribution in [-0.2, 0) is 11.4 Å². The summed E-state index contributed by atoms with van der Waals surface area (Å²) in [5.74, 6) is 0.925. The van der Waals surface area contributed by atoms with E-state index in [1.807, 2.05) is 42.5 Å². The second-order valence-corrected chi connectivity index (χ2v) is 7.43. The van der Waals surface area contributed by atoms with Crippen molar-refractivity contribution in [2.45, 2.75) is 6.61 Å². The molecule has 1 amide bonds. The van der Waals surface area contributed by atoms with E-state index < -0.39 is 0 Å². The predicted molar refractivity (Wildman–Crippen MR) is 121 cm³/mol. The van der Waals surface area contributed by atoms with Gasteiger partial charge in [-0.3, -0.25) is 4.79 Å². The molecule has 0 unspecified atom stereocenters. The molecule has 0 aliphatic heterocycles. The quantitative estimate of drug-likeness (QED) is 0.408. The molecule has 0 heterocycles. The Morgan fingerprint density at radius 3 is 2.62 bits per heavy atom. The number of methoxy groups -OCH3 is 1. The fourth-order valence-corrected chi connectivity index (χ4v) is 3.39. The van der Waals surface area contributed by atoms with Crippen molar-refractivity contribution in [1.29, 1.82) is 0 Å². The van der Waals surface area contributed by atoms with Crippen molar-refractivity contribution in [2.75, 3.05) is 12.4 Å². The van der Waals surface area contributed by atoms with Crippen LogP contribution in [0.5, 0.6) is 11.5 Å². The maximum absolute atomic E-state index is 12.2. The van der Waals surface area contributed by atoms with Crippen LogP contribution in [0.15, 0.2) is 77.3 Å². The molecule has 0 saturated heterocycles. The van der Waals surface area contributed by atoms with Crippen LogP contribution in [0.1, 0.15) is 11.1 Å². The van der Waals surface area contributed by atoms with Crippen LogP contribution < -0.4 is 14.8 Å². The lowest BCUT2D eigenvalue weighted by Gasteiger charge is -2.13. The summed E-state index contributed by atoms with van der Waals surface area (Å²) in [6.07, 6.45) is 3.15. The summed E-state index contributed by atoms with van der Waals surface area (Å²) in [6, 6.07) is 20.6. The normalized spacial score (nSPS) is 10.7. The monoisotopic (exact) mass is 471 g/mol. The fourth-order valence-electron chi connectivity index (χ4n) is 2.63. The third-order valence-electron chi connectivity index (χ3n) is 4.00. The third-order valence-corrected chi connectivity index (χ3v) is 4.82. The van der Waals surface area contributed by atoms with Gasteiger partial charge in [0.2, 0.25) is 5.91 Å². The Hall–Kier alpha value is -2.76. The van der Waals surface area contributed by atoms with Gasteiger partial charge in [0.05, 0.1) is 11.6 Å². The van der Waals surface area contributed by atoms with Gasteiger partial charge in [-0.05, 0) is 63.5 Å². The maximum Gasteiger partial charge on any atom is 0.248 e. The molecule has 3 aromatic rings. The summed E-state index contributed by atoms with van der Waals surface area (Å²) in [5, 5.41) is 3.33. The van der Waals surface area contributed by atoms with Gasteiger partial charge in [-0.25, -0.2) is 0 Å². The Balaban J connectivity index is 1.70.